The van der Waals surface area contributed by atoms with Gasteiger partial charge in [-0.3, -0.25) is 9.48 Å². The molecule has 1 aromatic heterocycles. The summed E-state index contributed by atoms with van der Waals surface area (Å²) in [5.41, 5.74) is 0.967. The van der Waals surface area contributed by atoms with Crippen molar-refractivity contribution in [1.82, 2.24) is 14.7 Å². The van der Waals surface area contributed by atoms with E-state index in [0.717, 1.165) is 23.5 Å². The Morgan fingerprint density at radius 2 is 2.00 bits per heavy atom. The molecule has 1 fully saturated rings. The second-order valence-electron chi connectivity index (χ2n) is 8.10. The SMILES string of the molecule is CC(C)CC(=O)N1CCO[C@H](c2cc(CCOc3ccc(C(F)(F)F)cc3)n(C)n2)C1. The van der Waals surface area contributed by atoms with Gasteiger partial charge < -0.3 is 14.4 Å². The summed E-state index contributed by atoms with van der Waals surface area (Å²) in [6.07, 6.45) is -3.59. The van der Waals surface area contributed by atoms with Gasteiger partial charge in [-0.25, -0.2) is 0 Å². The smallest absolute Gasteiger partial charge is 0.416 e. The standard InChI is InChI=1S/C22H28F3N3O3/c1-15(2)12-21(29)28-9-11-31-20(14-28)19-13-17(27(3)26-19)8-10-30-18-6-4-16(5-7-18)22(23,24)25/h4-7,13,15,20H,8-12,14H2,1-3H3/t20-/m0/s1. The van der Waals surface area contributed by atoms with Gasteiger partial charge in [0, 0.05) is 32.1 Å². The topological polar surface area (TPSA) is 56.6 Å². The molecular weight excluding hydrogens is 411 g/mol. The lowest BCUT2D eigenvalue weighted by atomic mass is 10.1. The first-order chi connectivity index (χ1) is 14.6. The van der Waals surface area contributed by atoms with E-state index in [-0.39, 0.29) is 12.0 Å². The summed E-state index contributed by atoms with van der Waals surface area (Å²) in [7, 11) is 1.82. The molecule has 0 unspecified atom stereocenters. The van der Waals surface area contributed by atoms with Crippen LogP contribution in [0.4, 0.5) is 13.2 Å². The summed E-state index contributed by atoms with van der Waals surface area (Å²) in [6.45, 7) is 5.88. The Kier molecular flexibility index (Phi) is 7.25. The number of hydrogen-bond donors (Lipinski definition) is 0. The molecule has 0 spiro atoms. The maximum atomic E-state index is 12.6. The number of nitrogens with zero attached hydrogens (tertiary/aromatic N) is 3. The zero-order valence-corrected chi connectivity index (χ0v) is 18.0. The highest BCUT2D eigenvalue weighted by Gasteiger charge is 2.30. The molecule has 1 atom stereocenters. The van der Waals surface area contributed by atoms with Crippen LogP contribution in [0, 0.1) is 5.92 Å². The van der Waals surface area contributed by atoms with Crippen molar-refractivity contribution in [2.45, 2.75) is 39.0 Å². The zero-order valence-electron chi connectivity index (χ0n) is 18.0. The second kappa shape index (κ2) is 9.72. The highest BCUT2D eigenvalue weighted by atomic mass is 19.4. The number of amides is 1. The third kappa shape index (κ3) is 6.22. The number of carbonyl (C=O) groups is 1. The lowest BCUT2D eigenvalue weighted by Crippen LogP contribution is -2.42. The second-order valence-corrected chi connectivity index (χ2v) is 8.10. The summed E-state index contributed by atoms with van der Waals surface area (Å²) in [6, 6.07) is 6.57. The van der Waals surface area contributed by atoms with E-state index in [1.54, 1.807) is 4.68 Å². The summed E-state index contributed by atoms with van der Waals surface area (Å²) in [5, 5.41) is 4.53. The van der Waals surface area contributed by atoms with Gasteiger partial charge in [0.1, 0.15) is 11.9 Å². The average Bonchev–Trinajstić information content (AvgIpc) is 3.08. The number of morpholine rings is 1. The van der Waals surface area contributed by atoms with Crippen molar-refractivity contribution < 1.29 is 27.4 Å². The van der Waals surface area contributed by atoms with E-state index in [2.05, 4.69) is 5.10 Å². The van der Waals surface area contributed by atoms with E-state index >= 15 is 0 Å². The number of ether oxygens (including phenoxy) is 2. The Balaban J connectivity index is 1.55. The Morgan fingerprint density at radius 1 is 1.29 bits per heavy atom. The van der Waals surface area contributed by atoms with E-state index in [1.165, 1.54) is 12.1 Å². The van der Waals surface area contributed by atoms with Gasteiger partial charge in [-0.05, 0) is 36.2 Å². The van der Waals surface area contributed by atoms with Crippen molar-refractivity contribution in [3.8, 4) is 5.75 Å². The van der Waals surface area contributed by atoms with Crippen LogP contribution >= 0.6 is 0 Å². The van der Waals surface area contributed by atoms with Crippen LogP contribution in [0.2, 0.25) is 0 Å². The van der Waals surface area contributed by atoms with Gasteiger partial charge in [-0.2, -0.15) is 18.3 Å². The molecule has 170 valence electrons. The van der Waals surface area contributed by atoms with Crippen LogP contribution in [0.3, 0.4) is 0 Å². The lowest BCUT2D eigenvalue weighted by molar-refractivity contribution is -0.140. The maximum Gasteiger partial charge on any atom is 0.416 e. The van der Waals surface area contributed by atoms with Gasteiger partial charge in [0.25, 0.3) is 0 Å². The zero-order chi connectivity index (χ0) is 22.6. The number of rotatable bonds is 7. The fourth-order valence-electron chi connectivity index (χ4n) is 3.47. The van der Waals surface area contributed by atoms with Gasteiger partial charge in [-0.1, -0.05) is 13.8 Å². The van der Waals surface area contributed by atoms with Crippen LogP contribution in [0.15, 0.2) is 30.3 Å². The van der Waals surface area contributed by atoms with E-state index in [4.69, 9.17) is 9.47 Å². The Labute approximate surface area is 179 Å². The van der Waals surface area contributed by atoms with Crippen molar-refractivity contribution in [1.29, 1.82) is 0 Å². The number of aromatic nitrogens is 2. The van der Waals surface area contributed by atoms with Gasteiger partial charge in [0.2, 0.25) is 5.91 Å². The molecule has 1 aliphatic rings. The van der Waals surface area contributed by atoms with Crippen LogP contribution in [0.5, 0.6) is 5.75 Å². The predicted molar refractivity (Wildman–Crippen MR) is 109 cm³/mol. The van der Waals surface area contributed by atoms with Crippen molar-refractivity contribution in [3.63, 3.8) is 0 Å². The fourth-order valence-corrected chi connectivity index (χ4v) is 3.47. The van der Waals surface area contributed by atoms with Crippen molar-refractivity contribution in [2.24, 2.45) is 13.0 Å². The normalized spacial score (nSPS) is 17.3. The first kappa shape index (κ1) is 23.1. The van der Waals surface area contributed by atoms with Crippen molar-refractivity contribution in [2.75, 3.05) is 26.3 Å². The van der Waals surface area contributed by atoms with E-state index in [9.17, 15) is 18.0 Å². The number of benzene rings is 1. The van der Waals surface area contributed by atoms with Crippen LogP contribution in [0.25, 0.3) is 0 Å². The van der Waals surface area contributed by atoms with Crippen LogP contribution in [-0.2, 0) is 29.2 Å². The third-order valence-electron chi connectivity index (χ3n) is 5.14. The number of hydrogen-bond acceptors (Lipinski definition) is 4. The average molecular weight is 439 g/mol. The molecule has 1 aromatic carbocycles. The lowest BCUT2D eigenvalue weighted by Gasteiger charge is -2.32. The van der Waals surface area contributed by atoms with Crippen LogP contribution in [0.1, 0.15) is 43.3 Å². The summed E-state index contributed by atoms with van der Waals surface area (Å²) >= 11 is 0. The molecule has 1 amide bonds. The number of halogens is 3. The summed E-state index contributed by atoms with van der Waals surface area (Å²) < 4.78 is 51.1. The van der Waals surface area contributed by atoms with Crippen molar-refractivity contribution >= 4 is 5.91 Å². The third-order valence-corrected chi connectivity index (χ3v) is 5.14. The molecule has 0 bridgehead atoms. The molecule has 2 aromatic rings. The minimum Gasteiger partial charge on any atom is -0.493 e. The largest absolute Gasteiger partial charge is 0.493 e. The highest BCUT2D eigenvalue weighted by molar-refractivity contribution is 5.76. The molecule has 0 radical (unpaired) electrons. The van der Waals surface area contributed by atoms with Gasteiger partial charge >= 0.3 is 6.18 Å². The predicted octanol–water partition coefficient (Wildman–Crippen LogP) is 4.01. The first-order valence-corrected chi connectivity index (χ1v) is 10.4. The molecule has 2 heterocycles. The van der Waals surface area contributed by atoms with Gasteiger partial charge in [0.15, 0.2) is 0 Å². The van der Waals surface area contributed by atoms with Crippen LogP contribution in [-0.4, -0.2) is 46.9 Å². The van der Waals surface area contributed by atoms with Gasteiger partial charge in [0.05, 0.1) is 31.0 Å². The minimum atomic E-state index is -4.36. The minimum absolute atomic E-state index is 0.129. The molecular formula is C22H28F3N3O3. The monoisotopic (exact) mass is 439 g/mol. The highest BCUT2D eigenvalue weighted by Crippen LogP contribution is 2.30. The quantitative estimate of drug-likeness (QED) is 0.654. The molecule has 6 nitrogen and oxygen atoms in total. The van der Waals surface area contributed by atoms with E-state index in [1.807, 2.05) is 31.9 Å². The number of carbonyl (C=O) groups excluding carboxylic acids is 1. The molecule has 0 N–H and O–H groups in total. The molecule has 1 aliphatic heterocycles. The Hall–Kier alpha value is -2.55. The number of alkyl halides is 3. The first-order valence-electron chi connectivity index (χ1n) is 10.4. The summed E-state index contributed by atoms with van der Waals surface area (Å²) in [5.74, 6) is 0.814. The Bertz CT molecular complexity index is 878. The molecule has 9 heteroatoms. The van der Waals surface area contributed by atoms with Crippen molar-refractivity contribution in [3.05, 3.63) is 47.3 Å². The van der Waals surface area contributed by atoms with Gasteiger partial charge in [-0.15, -0.1) is 0 Å². The molecule has 0 aliphatic carbocycles. The molecule has 3 rings (SSSR count). The number of aryl methyl sites for hydroxylation is 1. The molecule has 31 heavy (non-hydrogen) atoms. The summed E-state index contributed by atoms with van der Waals surface area (Å²) in [4.78, 5) is 14.2. The Morgan fingerprint density at radius 3 is 2.65 bits per heavy atom. The maximum absolute atomic E-state index is 12.6. The van der Waals surface area contributed by atoms with E-state index in [0.29, 0.717) is 50.8 Å². The molecule has 1 saturated heterocycles. The van der Waals surface area contributed by atoms with Crippen LogP contribution < -0.4 is 4.74 Å². The molecule has 0 saturated carbocycles. The van der Waals surface area contributed by atoms with E-state index < -0.39 is 11.7 Å². The fraction of sp³-hybridized carbons (Fsp3) is 0.545.